The average molecular weight is 160 g/mol. The van der Waals surface area contributed by atoms with Gasteiger partial charge in [0, 0.05) is 18.1 Å². The van der Waals surface area contributed by atoms with E-state index in [1.165, 1.54) is 0 Å². The molecule has 0 amide bonds. The highest BCUT2D eigenvalue weighted by atomic mass is 16.3. The first-order valence-electron chi connectivity index (χ1n) is 3.95. The molecule has 12 heavy (non-hydrogen) atoms. The van der Waals surface area contributed by atoms with E-state index in [0.717, 1.165) is 11.1 Å². The quantitative estimate of drug-likeness (QED) is 0.654. The van der Waals surface area contributed by atoms with Gasteiger partial charge in [-0.25, -0.2) is 0 Å². The minimum atomic E-state index is 0.161. The molecule has 0 heterocycles. The summed E-state index contributed by atoms with van der Waals surface area (Å²) in [6, 6.07) is 7.70. The highest BCUT2D eigenvalue weighted by molar-refractivity contribution is 5.36. The Hall–Kier alpha value is -1.26. The van der Waals surface area contributed by atoms with Crippen LogP contribution >= 0.6 is 0 Å². The molecule has 62 valence electrons. The zero-order valence-electron chi connectivity index (χ0n) is 7.12. The first-order chi connectivity index (χ1) is 5.77. The van der Waals surface area contributed by atoms with Crippen LogP contribution in [0.4, 0.5) is 0 Å². The molecule has 1 heteroatoms. The second-order valence-corrected chi connectivity index (χ2v) is 2.85. The van der Waals surface area contributed by atoms with Crippen molar-refractivity contribution in [2.75, 3.05) is 6.61 Å². The van der Waals surface area contributed by atoms with E-state index < -0.39 is 0 Å². The van der Waals surface area contributed by atoms with Crippen molar-refractivity contribution in [2.45, 2.75) is 12.8 Å². The van der Waals surface area contributed by atoms with Crippen molar-refractivity contribution in [3.63, 3.8) is 0 Å². The number of hydrogen-bond donors (Lipinski definition) is 1. The lowest BCUT2D eigenvalue weighted by Crippen LogP contribution is -1.98. The van der Waals surface area contributed by atoms with Gasteiger partial charge in [-0.2, -0.15) is 0 Å². The summed E-state index contributed by atoms with van der Waals surface area (Å²) in [4.78, 5) is 0. The highest BCUT2D eigenvalue weighted by Crippen LogP contribution is 2.14. The Morgan fingerprint density at radius 3 is 2.92 bits per heavy atom. The highest BCUT2D eigenvalue weighted by Gasteiger charge is 2.02. The van der Waals surface area contributed by atoms with Crippen LogP contribution in [0.1, 0.15) is 24.0 Å². The SMILES string of the molecule is C#Cc1cccc(C(C)CO)c1. The number of benzene rings is 1. The van der Waals surface area contributed by atoms with Gasteiger partial charge in [-0.3, -0.25) is 0 Å². The van der Waals surface area contributed by atoms with Gasteiger partial charge in [-0.15, -0.1) is 6.42 Å². The minimum absolute atomic E-state index is 0.161. The monoisotopic (exact) mass is 160 g/mol. The molecule has 0 aliphatic heterocycles. The van der Waals surface area contributed by atoms with Gasteiger partial charge in [-0.05, 0) is 17.7 Å². The molecule has 0 saturated heterocycles. The number of aliphatic hydroxyl groups is 1. The first kappa shape index (κ1) is 8.83. The summed E-state index contributed by atoms with van der Waals surface area (Å²) in [6.45, 7) is 2.13. The van der Waals surface area contributed by atoms with E-state index in [0.29, 0.717) is 0 Å². The van der Waals surface area contributed by atoms with Crippen molar-refractivity contribution in [3.05, 3.63) is 35.4 Å². The fourth-order valence-corrected chi connectivity index (χ4v) is 1.04. The van der Waals surface area contributed by atoms with E-state index in [1.807, 2.05) is 31.2 Å². The minimum Gasteiger partial charge on any atom is -0.396 e. The third-order valence-corrected chi connectivity index (χ3v) is 1.90. The summed E-state index contributed by atoms with van der Waals surface area (Å²) in [6.07, 6.45) is 5.25. The predicted molar refractivity (Wildman–Crippen MR) is 49.9 cm³/mol. The zero-order valence-corrected chi connectivity index (χ0v) is 7.12. The molecule has 0 bridgehead atoms. The molecular formula is C11H12O. The Kier molecular flexibility index (Phi) is 2.90. The largest absolute Gasteiger partial charge is 0.396 e. The summed E-state index contributed by atoms with van der Waals surface area (Å²) in [5.41, 5.74) is 1.96. The van der Waals surface area contributed by atoms with E-state index in [-0.39, 0.29) is 12.5 Å². The molecule has 0 aromatic heterocycles. The normalized spacial score (nSPS) is 12.1. The Balaban J connectivity index is 2.95. The van der Waals surface area contributed by atoms with Gasteiger partial charge in [0.05, 0.1) is 0 Å². The second kappa shape index (κ2) is 3.94. The number of hydrogen-bond acceptors (Lipinski definition) is 1. The molecular weight excluding hydrogens is 148 g/mol. The molecule has 1 rings (SSSR count). The molecule has 1 atom stereocenters. The van der Waals surface area contributed by atoms with Gasteiger partial charge < -0.3 is 5.11 Å². The van der Waals surface area contributed by atoms with Crippen molar-refractivity contribution in [1.82, 2.24) is 0 Å². The molecule has 0 spiro atoms. The van der Waals surface area contributed by atoms with Crippen LogP contribution in [0.5, 0.6) is 0 Å². The van der Waals surface area contributed by atoms with Crippen LogP contribution < -0.4 is 0 Å². The lowest BCUT2D eigenvalue weighted by molar-refractivity contribution is 0.273. The van der Waals surface area contributed by atoms with Gasteiger partial charge in [0.1, 0.15) is 0 Å². The maximum absolute atomic E-state index is 8.90. The summed E-state index contributed by atoms with van der Waals surface area (Å²) in [7, 11) is 0. The summed E-state index contributed by atoms with van der Waals surface area (Å²) >= 11 is 0. The van der Waals surface area contributed by atoms with Crippen LogP contribution in [-0.2, 0) is 0 Å². The van der Waals surface area contributed by atoms with E-state index in [2.05, 4.69) is 5.92 Å². The molecule has 0 aliphatic carbocycles. The van der Waals surface area contributed by atoms with Gasteiger partial charge in [-0.1, -0.05) is 25.0 Å². The first-order valence-corrected chi connectivity index (χ1v) is 3.95. The maximum Gasteiger partial charge on any atom is 0.0497 e. The van der Waals surface area contributed by atoms with Crippen LogP contribution in [0, 0.1) is 12.3 Å². The van der Waals surface area contributed by atoms with Gasteiger partial charge in [0.2, 0.25) is 0 Å². The zero-order chi connectivity index (χ0) is 8.97. The van der Waals surface area contributed by atoms with Gasteiger partial charge in [0.15, 0.2) is 0 Å². The van der Waals surface area contributed by atoms with Crippen LogP contribution in [0.2, 0.25) is 0 Å². The van der Waals surface area contributed by atoms with Crippen molar-refractivity contribution in [2.24, 2.45) is 0 Å². The molecule has 0 saturated carbocycles. The topological polar surface area (TPSA) is 20.2 Å². The molecule has 1 aromatic rings. The van der Waals surface area contributed by atoms with E-state index in [9.17, 15) is 0 Å². The molecule has 1 unspecified atom stereocenters. The van der Waals surface area contributed by atoms with Crippen LogP contribution in [0.3, 0.4) is 0 Å². The summed E-state index contributed by atoms with van der Waals surface area (Å²) < 4.78 is 0. The van der Waals surface area contributed by atoms with Crippen molar-refractivity contribution in [1.29, 1.82) is 0 Å². The van der Waals surface area contributed by atoms with Crippen LogP contribution in [0.15, 0.2) is 24.3 Å². The number of aliphatic hydroxyl groups excluding tert-OH is 1. The Morgan fingerprint density at radius 1 is 1.58 bits per heavy atom. The number of terminal acetylenes is 1. The van der Waals surface area contributed by atoms with E-state index >= 15 is 0 Å². The van der Waals surface area contributed by atoms with Crippen LogP contribution in [-0.4, -0.2) is 11.7 Å². The van der Waals surface area contributed by atoms with Crippen molar-refractivity contribution in [3.8, 4) is 12.3 Å². The molecule has 0 aliphatic rings. The third kappa shape index (κ3) is 1.87. The Morgan fingerprint density at radius 2 is 2.33 bits per heavy atom. The predicted octanol–water partition coefficient (Wildman–Crippen LogP) is 1.76. The molecule has 1 N–H and O–H groups in total. The van der Waals surface area contributed by atoms with Gasteiger partial charge >= 0.3 is 0 Å². The Labute approximate surface area is 73.0 Å². The van der Waals surface area contributed by atoms with E-state index in [4.69, 9.17) is 11.5 Å². The fourth-order valence-electron chi connectivity index (χ4n) is 1.04. The van der Waals surface area contributed by atoms with Crippen molar-refractivity contribution < 1.29 is 5.11 Å². The molecule has 0 radical (unpaired) electrons. The lowest BCUT2D eigenvalue weighted by atomic mass is 10.0. The average Bonchev–Trinajstić information content (AvgIpc) is 2.17. The standard InChI is InChI=1S/C11H12O/c1-3-10-5-4-6-11(7-10)9(2)8-12/h1,4-7,9,12H,8H2,2H3. The maximum atomic E-state index is 8.90. The smallest absolute Gasteiger partial charge is 0.0497 e. The lowest BCUT2D eigenvalue weighted by Gasteiger charge is -2.07. The molecule has 0 fully saturated rings. The molecule has 1 aromatic carbocycles. The van der Waals surface area contributed by atoms with Gasteiger partial charge in [0.25, 0.3) is 0 Å². The van der Waals surface area contributed by atoms with E-state index in [1.54, 1.807) is 0 Å². The Bertz CT molecular complexity index is 296. The summed E-state index contributed by atoms with van der Waals surface area (Å²) in [5.74, 6) is 2.73. The number of rotatable bonds is 2. The van der Waals surface area contributed by atoms with Crippen molar-refractivity contribution >= 4 is 0 Å². The second-order valence-electron chi connectivity index (χ2n) is 2.85. The third-order valence-electron chi connectivity index (χ3n) is 1.90. The molecule has 1 nitrogen and oxygen atoms in total. The van der Waals surface area contributed by atoms with Crippen LogP contribution in [0.25, 0.3) is 0 Å². The summed E-state index contributed by atoms with van der Waals surface area (Å²) in [5, 5.41) is 8.90. The fraction of sp³-hybridized carbons (Fsp3) is 0.273.